The van der Waals surface area contributed by atoms with E-state index in [9.17, 15) is 25.2 Å². The third-order valence-corrected chi connectivity index (χ3v) is 6.61. The van der Waals surface area contributed by atoms with Crippen molar-refractivity contribution >= 4 is 12.0 Å². The lowest BCUT2D eigenvalue weighted by atomic mass is 9.82. The predicted molar refractivity (Wildman–Crippen MR) is 138 cm³/mol. The average Bonchev–Trinajstić information content (AvgIpc) is 3.35. The number of aliphatic hydroxyl groups is 1. The van der Waals surface area contributed by atoms with E-state index in [0.717, 1.165) is 0 Å². The summed E-state index contributed by atoms with van der Waals surface area (Å²) in [5.41, 5.74) is 1.92. The van der Waals surface area contributed by atoms with Crippen LogP contribution in [-0.4, -0.2) is 53.8 Å². The van der Waals surface area contributed by atoms with Gasteiger partial charge in [-0.05, 0) is 59.2 Å². The molecule has 38 heavy (non-hydrogen) atoms. The van der Waals surface area contributed by atoms with Crippen LogP contribution in [-0.2, 0) is 14.3 Å². The van der Waals surface area contributed by atoms with Crippen molar-refractivity contribution in [3.63, 3.8) is 0 Å². The van der Waals surface area contributed by atoms with Gasteiger partial charge in [-0.1, -0.05) is 24.3 Å². The third-order valence-electron chi connectivity index (χ3n) is 6.61. The molecule has 9 heteroatoms. The number of hydrogen-bond donors (Lipinski definition) is 4. The number of carbonyl (C=O) groups is 1. The fourth-order valence-corrected chi connectivity index (χ4v) is 4.54. The fraction of sp³-hybridized carbons (Fsp3) is 0.276. The molecule has 9 nitrogen and oxygen atoms in total. The smallest absolute Gasteiger partial charge is 0.330 e. The van der Waals surface area contributed by atoms with E-state index in [-0.39, 0.29) is 42.0 Å². The van der Waals surface area contributed by atoms with Crippen LogP contribution in [0, 0.1) is 11.8 Å². The summed E-state index contributed by atoms with van der Waals surface area (Å²) in [6.45, 7) is 0.118. The Balaban J connectivity index is 1.56. The lowest BCUT2D eigenvalue weighted by Gasteiger charge is -2.27. The Kier molecular flexibility index (Phi) is 8.40. The second kappa shape index (κ2) is 11.9. The highest BCUT2D eigenvalue weighted by atomic mass is 16.5. The third kappa shape index (κ3) is 6.01. The normalized spacial score (nSPS) is 19.8. The van der Waals surface area contributed by atoms with Crippen LogP contribution in [0.5, 0.6) is 28.7 Å². The standard InChI is InChI=1S/C29H30O9/c1-35-25-13-18(6-10-23(25)31)28(34)21-15-38-29(19-7-11-24(32)26(14-19)36-2)22(21)16-37-27(33)12-5-17-3-8-20(30)9-4-17/h3-14,21-22,28-32,34H,15-16H2,1-2H3/t21-,22-,28+,29+/m0/s1. The molecule has 0 saturated carbocycles. The molecule has 0 aromatic heterocycles. The largest absolute Gasteiger partial charge is 0.508 e. The molecular weight excluding hydrogens is 492 g/mol. The monoisotopic (exact) mass is 522 g/mol. The molecule has 3 aromatic rings. The average molecular weight is 523 g/mol. The lowest BCUT2D eigenvalue weighted by Crippen LogP contribution is -2.27. The van der Waals surface area contributed by atoms with Gasteiger partial charge in [-0.15, -0.1) is 0 Å². The Bertz CT molecular complexity index is 1290. The molecule has 1 aliphatic heterocycles. The summed E-state index contributed by atoms with van der Waals surface area (Å²) in [6, 6.07) is 15.8. The molecular formula is C29H30O9. The van der Waals surface area contributed by atoms with E-state index in [1.807, 2.05) is 0 Å². The Morgan fingerprint density at radius 3 is 2.32 bits per heavy atom. The summed E-state index contributed by atoms with van der Waals surface area (Å²) < 4.78 is 22.1. The first-order chi connectivity index (χ1) is 18.3. The number of ether oxygens (including phenoxy) is 4. The molecule has 1 fully saturated rings. The molecule has 1 aliphatic rings. The number of hydrogen-bond acceptors (Lipinski definition) is 9. The Hall–Kier alpha value is -4.21. The van der Waals surface area contributed by atoms with Gasteiger partial charge in [0.1, 0.15) is 5.75 Å². The minimum Gasteiger partial charge on any atom is -0.508 e. The molecule has 0 bridgehead atoms. The molecule has 0 unspecified atom stereocenters. The number of carbonyl (C=O) groups excluding carboxylic acids is 1. The second-order valence-corrected chi connectivity index (χ2v) is 8.94. The van der Waals surface area contributed by atoms with Crippen molar-refractivity contribution < 1.29 is 44.2 Å². The van der Waals surface area contributed by atoms with Gasteiger partial charge in [0.15, 0.2) is 23.0 Å². The molecule has 0 radical (unpaired) electrons. The van der Waals surface area contributed by atoms with Crippen LogP contribution in [0.25, 0.3) is 6.08 Å². The Morgan fingerprint density at radius 1 is 0.974 bits per heavy atom. The van der Waals surface area contributed by atoms with Crippen molar-refractivity contribution in [1.29, 1.82) is 0 Å². The first-order valence-electron chi connectivity index (χ1n) is 12.0. The van der Waals surface area contributed by atoms with Crippen LogP contribution >= 0.6 is 0 Å². The summed E-state index contributed by atoms with van der Waals surface area (Å²) in [5, 5.41) is 40.7. The van der Waals surface area contributed by atoms with E-state index in [1.165, 1.54) is 44.6 Å². The molecule has 3 aromatic carbocycles. The maximum atomic E-state index is 12.5. The van der Waals surface area contributed by atoms with Crippen molar-refractivity contribution in [2.45, 2.75) is 12.2 Å². The van der Waals surface area contributed by atoms with E-state index in [0.29, 0.717) is 16.7 Å². The minimum absolute atomic E-state index is 0.0237. The maximum Gasteiger partial charge on any atom is 0.330 e. The Morgan fingerprint density at radius 2 is 1.63 bits per heavy atom. The number of aliphatic hydroxyl groups excluding tert-OH is 1. The number of phenolic OH excluding ortho intramolecular Hbond substituents is 3. The highest BCUT2D eigenvalue weighted by molar-refractivity contribution is 5.87. The number of esters is 1. The highest BCUT2D eigenvalue weighted by Gasteiger charge is 2.43. The molecule has 0 amide bonds. The number of benzene rings is 3. The number of rotatable bonds is 9. The van der Waals surface area contributed by atoms with E-state index in [4.69, 9.17) is 18.9 Å². The van der Waals surface area contributed by atoms with Gasteiger partial charge in [-0.2, -0.15) is 0 Å². The molecule has 4 N–H and O–H groups in total. The summed E-state index contributed by atoms with van der Waals surface area (Å²) in [5.74, 6) is -0.956. The molecule has 4 atom stereocenters. The molecule has 0 aliphatic carbocycles. The minimum atomic E-state index is -1.01. The molecule has 1 saturated heterocycles. The van der Waals surface area contributed by atoms with Gasteiger partial charge >= 0.3 is 5.97 Å². The summed E-state index contributed by atoms with van der Waals surface area (Å²) in [7, 11) is 2.87. The van der Waals surface area contributed by atoms with Crippen LogP contribution < -0.4 is 9.47 Å². The summed E-state index contributed by atoms with van der Waals surface area (Å²) in [4.78, 5) is 12.5. The van der Waals surface area contributed by atoms with E-state index < -0.39 is 30.0 Å². The van der Waals surface area contributed by atoms with Crippen LogP contribution in [0.1, 0.15) is 28.9 Å². The van der Waals surface area contributed by atoms with Gasteiger partial charge < -0.3 is 39.4 Å². The van der Waals surface area contributed by atoms with Gasteiger partial charge in [0, 0.05) is 17.9 Å². The quantitative estimate of drug-likeness (QED) is 0.242. The van der Waals surface area contributed by atoms with Crippen LogP contribution in [0.15, 0.2) is 66.7 Å². The molecule has 0 spiro atoms. The van der Waals surface area contributed by atoms with Crippen LogP contribution in [0.3, 0.4) is 0 Å². The van der Waals surface area contributed by atoms with Crippen LogP contribution in [0.2, 0.25) is 0 Å². The predicted octanol–water partition coefficient (Wildman–Crippen LogP) is 4.11. The van der Waals surface area contributed by atoms with Gasteiger partial charge in [0.05, 0.1) is 39.6 Å². The first-order valence-corrected chi connectivity index (χ1v) is 12.0. The van der Waals surface area contributed by atoms with Gasteiger partial charge in [-0.3, -0.25) is 0 Å². The zero-order valence-electron chi connectivity index (χ0n) is 21.0. The number of methoxy groups -OCH3 is 2. The highest BCUT2D eigenvalue weighted by Crippen LogP contribution is 2.46. The summed E-state index contributed by atoms with van der Waals surface area (Å²) in [6.07, 6.45) is 1.29. The molecule has 200 valence electrons. The lowest BCUT2D eigenvalue weighted by molar-refractivity contribution is -0.140. The van der Waals surface area contributed by atoms with Crippen LogP contribution in [0.4, 0.5) is 0 Å². The van der Waals surface area contributed by atoms with Crippen molar-refractivity contribution in [1.82, 2.24) is 0 Å². The molecule has 4 rings (SSSR count). The number of aromatic hydroxyl groups is 3. The second-order valence-electron chi connectivity index (χ2n) is 8.94. The first kappa shape index (κ1) is 26.8. The van der Waals surface area contributed by atoms with Gasteiger partial charge in [0.25, 0.3) is 0 Å². The maximum absolute atomic E-state index is 12.5. The van der Waals surface area contributed by atoms with E-state index in [1.54, 1.807) is 42.5 Å². The summed E-state index contributed by atoms with van der Waals surface area (Å²) >= 11 is 0. The van der Waals surface area contributed by atoms with Crippen molar-refractivity contribution in [2.75, 3.05) is 27.4 Å². The van der Waals surface area contributed by atoms with Crippen molar-refractivity contribution in [2.24, 2.45) is 11.8 Å². The van der Waals surface area contributed by atoms with Gasteiger partial charge in [-0.25, -0.2) is 4.79 Å². The number of phenols is 3. The zero-order valence-corrected chi connectivity index (χ0v) is 21.0. The van der Waals surface area contributed by atoms with E-state index >= 15 is 0 Å². The SMILES string of the molecule is COc1cc([C@@H](O)[C@H]2CO[C@H](c3ccc(O)c(OC)c3)[C@H]2COC(=O)C=Cc2ccc(O)cc2)ccc1O. The zero-order chi connectivity index (χ0) is 27.2. The van der Waals surface area contributed by atoms with Crippen molar-refractivity contribution in [3.05, 3.63) is 83.4 Å². The topological polar surface area (TPSA) is 135 Å². The Labute approximate surface area is 220 Å². The van der Waals surface area contributed by atoms with E-state index in [2.05, 4.69) is 0 Å². The van der Waals surface area contributed by atoms with Crippen molar-refractivity contribution in [3.8, 4) is 28.7 Å². The van der Waals surface area contributed by atoms with Gasteiger partial charge in [0.2, 0.25) is 0 Å². The molecule has 1 heterocycles. The fourth-order valence-electron chi connectivity index (χ4n) is 4.54.